The summed E-state index contributed by atoms with van der Waals surface area (Å²) in [6.07, 6.45) is 4.43. The minimum atomic E-state index is -0.157. The number of carbonyl (C=O) groups excluding carboxylic acids is 1. The lowest BCUT2D eigenvalue weighted by Crippen LogP contribution is -1.94. The Morgan fingerprint density at radius 2 is 1.33 bits per heavy atom. The summed E-state index contributed by atoms with van der Waals surface area (Å²) in [5.41, 5.74) is 3.13. The van der Waals surface area contributed by atoms with Gasteiger partial charge < -0.3 is 4.74 Å². The Hall–Kier alpha value is -1.31. The molecule has 2 heteroatoms. The van der Waals surface area contributed by atoms with Gasteiger partial charge in [0.2, 0.25) is 0 Å². The monoisotopic (exact) mass is 296 g/mol. The van der Waals surface area contributed by atoms with Crippen LogP contribution in [-0.4, -0.2) is 13.1 Å². The molecule has 21 heavy (non-hydrogen) atoms. The maximum atomic E-state index is 9.96. The molecule has 0 atom stereocenters. The van der Waals surface area contributed by atoms with Crippen LogP contribution in [0.5, 0.6) is 0 Å². The summed E-state index contributed by atoms with van der Waals surface area (Å²) in [4.78, 5) is 9.96. The van der Waals surface area contributed by atoms with Crippen molar-refractivity contribution in [3.8, 4) is 0 Å². The Morgan fingerprint density at radius 3 is 1.57 bits per heavy atom. The van der Waals surface area contributed by atoms with Crippen LogP contribution in [0.4, 0.5) is 0 Å². The van der Waals surface area contributed by atoms with Gasteiger partial charge in [-0.2, -0.15) is 0 Å². The van der Waals surface area contributed by atoms with Crippen LogP contribution < -0.4 is 0 Å². The number of methoxy groups -OCH3 is 1. The van der Waals surface area contributed by atoms with E-state index in [4.69, 9.17) is 0 Å². The highest BCUT2D eigenvalue weighted by Gasteiger charge is 2.07. The second-order valence-corrected chi connectivity index (χ2v) is 3.55. The van der Waals surface area contributed by atoms with Gasteiger partial charge in [0.1, 0.15) is 0 Å². The highest BCUT2D eigenvalue weighted by Crippen LogP contribution is 2.20. The lowest BCUT2D eigenvalue weighted by Gasteiger charge is -1.93. The maximum Gasteiger partial charge on any atom is 0.305 e. The van der Waals surface area contributed by atoms with E-state index in [9.17, 15) is 4.79 Å². The fraction of sp³-hybridized carbons (Fsp3) is 0.632. The predicted octanol–water partition coefficient (Wildman–Crippen LogP) is 5.82. The molecule has 0 aromatic heterocycles. The van der Waals surface area contributed by atoms with Gasteiger partial charge in [0.05, 0.1) is 7.11 Å². The third-order valence-electron chi connectivity index (χ3n) is 2.53. The lowest BCUT2D eigenvalue weighted by atomic mass is 10.1. The largest absolute Gasteiger partial charge is 0.469 e. The van der Waals surface area contributed by atoms with Gasteiger partial charge in [-0.05, 0) is 30.4 Å². The molecule has 0 amide bonds. The average molecular weight is 296 g/mol. The number of carbonyl (C=O) groups is 1. The third kappa shape index (κ3) is 13.4. The van der Waals surface area contributed by atoms with E-state index in [1.165, 1.54) is 26.4 Å². The van der Waals surface area contributed by atoms with Gasteiger partial charge in [-0.1, -0.05) is 72.7 Å². The van der Waals surface area contributed by atoms with E-state index in [1.807, 2.05) is 41.5 Å². The van der Waals surface area contributed by atoms with Crippen molar-refractivity contribution in [1.29, 1.82) is 0 Å². The zero-order chi connectivity index (χ0) is 17.1. The Morgan fingerprint density at radius 1 is 0.952 bits per heavy atom. The molecule has 2 rings (SSSR count). The molecule has 1 aliphatic rings. The first-order chi connectivity index (χ1) is 10.3. The van der Waals surface area contributed by atoms with Gasteiger partial charge in [0.15, 0.2) is 0 Å². The minimum absolute atomic E-state index is 0.157. The fourth-order valence-corrected chi connectivity index (χ4v) is 1.66. The Balaban J connectivity index is -0.000000238. The number of esters is 1. The topological polar surface area (TPSA) is 26.3 Å². The van der Waals surface area contributed by atoms with E-state index in [0.29, 0.717) is 6.42 Å². The lowest BCUT2D eigenvalue weighted by molar-refractivity contribution is -0.140. The predicted molar refractivity (Wildman–Crippen MR) is 94.8 cm³/mol. The van der Waals surface area contributed by atoms with E-state index in [1.54, 1.807) is 18.1 Å². The van der Waals surface area contributed by atoms with Crippen molar-refractivity contribution in [3.05, 3.63) is 35.4 Å². The van der Waals surface area contributed by atoms with Gasteiger partial charge in [-0.15, -0.1) is 0 Å². The van der Waals surface area contributed by atoms with Gasteiger partial charge in [0, 0.05) is 6.42 Å². The molecule has 1 aromatic carbocycles. The van der Waals surface area contributed by atoms with Crippen molar-refractivity contribution >= 4 is 5.97 Å². The summed E-state index contributed by atoms with van der Waals surface area (Å²) in [7, 11) is 1.38. The van der Waals surface area contributed by atoms with Crippen LogP contribution in [0.1, 0.15) is 72.4 Å². The Bertz CT molecular complexity index is 290. The molecular formula is C19H36O2. The third-order valence-corrected chi connectivity index (χ3v) is 2.53. The maximum absolute atomic E-state index is 9.96. The molecule has 0 saturated carbocycles. The van der Waals surface area contributed by atoms with E-state index < -0.39 is 0 Å². The Labute approximate surface area is 132 Å². The van der Waals surface area contributed by atoms with E-state index in [-0.39, 0.29) is 5.97 Å². The Kier molecular flexibility index (Phi) is 24.7. The number of hydrogen-bond donors (Lipinski definition) is 0. The summed E-state index contributed by atoms with van der Waals surface area (Å²) in [5.74, 6) is -0.157. The molecule has 0 unspecified atom stereocenters. The molecule has 0 spiro atoms. The summed E-state index contributed by atoms with van der Waals surface area (Å²) in [6.45, 7) is 13.8. The number of ether oxygens (including phenoxy) is 1. The summed E-state index contributed by atoms with van der Waals surface area (Å²) < 4.78 is 4.26. The second-order valence-electron chi connectivity index (χ2n) is 3.55. The molecule has 0 bridgehead atoms. The summed E-state index contributed by atoms with van der Waals surface area (Å²) in [5, 5.41) is 0. The van der Waals surface area contributed by atoms with Gasteiger partial charge >= 0.3 is 5.97 Å². The first-order valence-electron chi connectivity index (χ1n) is 8.41. The zero-order valence-corrected chi connectivity index (χ0v) is 15.5. The van der Waals surface area contributed by atoms with Gasteiger partial charge in [-0.25, -0.2) is 0 Å². The van der Waals surface area contributed by atoms with Crippen molar-refractivity contribution in [3.63, 3.8) is 0 Å². The van der Waals surface area contributed by atoms with Crippen molar-refractivity contribution in [2.75, 3.05) is 7.11 Å². The molecule has 124 valence electrons. The van der Waals surface area contributed by atoms with Crippen LogP contribution in [0.25, 0.3) is 0 Å². The van der Waals surface area contributed by atoms with Crippen molar-refractivity contribution in [1.82, 2.24) is 0 Å². The highest BCUT2D eigenvalue weighted by atomic mass is 16.5. The number of rotatable bonds is 1. The number of hydrogen-bond acceptors (Lipinski definition) is 2. The van der Waals surface area contributed by atoms with E-state index in [2.05, 4.69) is 29.0 Å². The summed E-state index contributed by atoms with van der Waals surface area (Å²) >= 11 is 0. The van der Waals surface area contributed by atoms with Crippen LogP contribution in [-0.2, 0) is 22.4 Å². The normalized spacial score (nSPS) is 9.71. The molecule has 1 aliphatic carbocycles. The first kappa shape index (κ1) is 24.7. The van der Waals surface area contributed by atoms with Crippen LogP contribution >= 0.6 is 0 Å². The zero-order valence-electron chi connectivity index (χ0n) is 15.5. The molecule has 2 nitrogen and oxygen atoms in total. The highest BCUT2D eigenvalue weighted by molar-refractivity contribution is 5.68. The fourth-order valence-electron chi connectivity index (χ4n) is 1.66. The van der Waals surface area contributed by atoms with Gasteiger partial charge in [0.25, 0.3) is 0 Å². The second kappa shape index (κ2) is 21.0. The van der Waals surface area contributed by atoms with Crippen molar-refractivity contribution < 1.29 is 9.53 Å². The molecule has 0 radical (unpaired) electrons. The van der Waals surface area contributed by atoms with Crippen molar-refractivity contribution in [2.24, 2.45) is 0 Å². The molecule has 0 N–H and O–H groups in total. The van der Waals surface area contributed by atoms with Crippen molar-refractivity contribution in [2.45, 2.75) is 74.1 Å². The average Bonchev–Trinajstić information content (AvgIpc) is 3.08. The first-order valence-corrected chi connectivity index (χ1v) is 8.41. The molecule has 0 heterocycles. The van der Waals surface area contributed by atoms with Crippen LogP contribution in [0.2, 0.25) is 0 Å². The molecule has 1 aromatic rings. The van der Waals surface area contributed by atoms with Crippen LogP contribution in [0.3, 0.4) is 0 Å². The van der Waals surface area contributed by atoms with Crippen LogP contribution in [0.15, 0.2) is 24.3 Å². The number of benzene rings is 1. The van der Waals surface area contributed by atoms with Crippen LogP contribution in [0, 0.1) is 0 Å². The minimum Gasteiger partial charge on any atom is -0.469 e. The summed E-state index contributed by atoms with van der Waals surface area (Å²) in [6, 6.07) is 8.74. The number of fused-ring (bicyclic) bond motifs is 1. The smallest absolute Gasteiger partial charge is 0.305 e. The van der Waals surface area contributed by atoms with E-state index in [0.717, 1.165) is 0 Å². The molecule has 0 fully saturated rings. The molecule has 0 saturated heterocycles. The standard InChI is InChI=1S/C9H10.C4H8O2.3C2H6/c1-2-5-9-7-3-6-8(9)4-1;1-3-4(5)6-2;3*1-2/h1-2,4-5H,3,6-7H2;3H2,1-2H3;3*1-2H3. The number of aryl methyl sites for hydroxylation is 2. The van der Waals surface area contributed by atoms with Gasteiger partial charge in [-0.3, -0.25) is 4.79 Å². The molecule has 0 aliphatic heterocycles. The quantitative estimate of drug-likeness (QED) is 0.610. The van der Waals surface area contributed by atoms with E-state index >= 15 is 0 Å². The SMILES string of the molecule is CC.CC.CC.CCC(=O)OC.c1ccc2c(c1)CCC2. The molecular weight excluding hydrogens is 260 g/mol.